The lowest BCUT2D eigenvalue weighted by atomic mass is 10.0. The third kappa shape index (κ3) is 36.2. The highest BCUT2D eigenvalue weighted by atomic mass is 16.3. The number of hydrogen-bond donors (Lipinski definition) is 3. The summed E-state index contributed by atoms with van der Waals surface area (Å²) in [4.78, 5) is 12.2. The van der Waals surface area contributed by atoms with E-state index in [4.69, 9.17) is 0 Å². The van der Waals surface area contributed by atoms with Crippen LogP contribution in [0.1, 0.15) is 232 Å². The predicted octanol–water partition coefficient (Wildman–Crippen LogP) is 13.2. The molecule has 0 aromatic rings. The average molecular weight is 676 g/mol. The van der Waals surface area contributed by atoms with E-state index in [1.165, 1.54) is 180 Å². The molecule has 48 heavy (non-hydrogen) atoms. The van der Waals surface area contributed by atoms with E-state index in [2.05, 4.69) is 31.3 Å². The Morgan fingerprint density at radius 1 is 0.479 bits per heavy atom. The van der Waals surface area contributed by atoms with Gasteiger partial charge in [0.05, 0.1) is 18.8 Å². The van der Waals surface area contributed by atoms with Crippen molar-refractivity contribution in [3.8, 4) is 0 Å². The van der Waals surface area contributed by atoms with Crippen LogP contribution >= 0.6 is 0 Å². The predicted molar refractivity (Wildman–Crippen MR) is 212 cm³/mol. The van der Waals surface area contributed by atoms with Gasteiger partial charge in [0.25, 0.3) is 0 Å². The minimum Gasteiger partial charge on any atom is -0.394 e. The van der Waals surface area contributed by atoms with E-state index in [0.717, 1.165) is 32.1 Å². The fourth-order valence-corrected chi connectivity index (χ4v) is 6.61. The van der Waals surface area contributed by atoms with Gasteiger partial charge in [-0.1, -0.05) is 218 Å². The van der Waals surface area contributed by atoms with Crippen molar-refractivity contribution in [2.75, 3.05) is 6.61 Å². The average Bonchev–Trinajstić information content (AvgIpc) is 3.09. The number of allylic oxidation sites excluding steroid dienone is 3. The van der Waals surface area contributed by atoms with Gasteiger partial charge in [-0.3, -0.25) is 4.79 Å². The molecule has 0 aromatic carbocycles. The van der Waals surface area contributed by atoms with Crippen LogP contribution in [0.25, 0.3) is 0 Å². The maximum absolute atomic E-state index is 12.2. The molecule has 0 spiro atoms. The molecule has 284 valence electrons. The second-order valence-electron chi connectivity index (χ2n) is 14.8. The van der Waals surface area contributed by atoms with Crippen molar-refractivity contribution in [3.63, 3.8) is 0 Å². The lowest BCUT2D eigenvalue weighted by Crippen LogP contribution is -2.45. The first-order chi connectivity index (χ1) is 23.7. The molecule has 0 rings (SSSR count). The summed E-state index contributed by atoms with van der Waals surface area (Å²) in [6.07, 6.45) is 51.7. The monoisotopic (exact) mass is 676 g/mol. The largest absolute Gasteiger partial charge is 0.394 e. The number of nitrogens with one attached hydrogen (secondary N) is 1. The molecule has 0 aliphatic carbocycles. The quantitative estimate of drug-likeness (QED) is 0.0448. The van der Waals surface area contributed by atoms with Crippen molar-refractivity contribution in [2.24, 2.45) is 0 Å². The second kappa shape index (κ2) is 40.3. The maximum Gasteiger partial charge on any atom is 0.220 e. The first-order valence-electron chi connectivity index (χ1n) is 21.6. The minimum absolute atomic E-state index is 0.0779. The number of aliphatic hydroxyl groups excluding tert-OH is 2. The first kappa shape index (κ1) is 46.9. The van der Waals surface area contributed by atoms with Crippen molar-refractivity contribution in [1.82, 2.24) is 5.32 Å². The molecule has 3 N–H and O–H groups in total. The van der Waals surface area contributed by atoms with Gasteiger partial charge in [0.1, 0.15) is 0 Å². The lowest BCUT2D eigenvalue weighted by molar-refractivity contribution is -0.123. The normalized spacial score (nSPS) is 13.2. The summed E-state index contributed by atoms with van der Waals surface area (Å²) >= 11 is 0. The summed E-state index contributed by atoms with van der Waals surface area (Å²) in [6.45, 7) is 4.27. The molecule has 0 heterocycles. The molecule has 0 bridgehead atoms. The number of rotatable bonds is 39. The van der Waals surface area contributed by atoms with Crippen LogP contribution in [-0.4, -0.2) is 34.9 Å². The van der Waals surface area contributed by atoms with Gasteiger partial charge in [-0.2, -0.15) is 0 Å². The van der Waals surface area contributed by atoms with Gasteiger partial charge in [0.15, 0.2) is 0 Å². The van der Waals surface area contributed by atoms with Crippen molar-refractivity contribution in [2.45, 2.75) is 244 Å². The molecule has 4 nitrogen and oxygen atoms in total. The highest BCUT2D eigenvalue weighted by Crippen LogP contribution is 2.16. The zero-order valence-electron chi connectivity index (χ0n) is 32.5. The molecule has 0 radical (unpaired) electrons. The summed E-state index contributed by atoms with van der Waals surface area (Å²) in [5.41, 5.74) is 0. The number of carbonyl (C=O) groups is 1. The Bertz CT molecular complexity index is 691. The van der Waals surface area contributed by atoms with Crippen LogP contribution in [0.4, 0.5) is 0 Å². The minimum atomic E-state index is -0.856. The molecular weight excluding hydrogens is 590 g/mol. The smallest absolute Gasteiger partial charge is 0.220 e. The number of aliphatic hydroxyl groups is 2. The number of unbranched alkanes of at least 4 members (excludes halogenated alkanes) is 30. The molecule has 4 heteroatoms. The zero-order valence-corrected chi connectivity index (χ0v) is 32.5. The van der Waals surface area contributed by atoms with E-state index in [1.807, 2.05) is 6.08 Å². The van der Waals surface area contributed by atoms with Crippen LogP contribution in [0, 0.1) is 0 Å². The molecule has 0 aliphatic rings. The van der Waals surface area contributed by atoms with E-state index >= 15 is 0 Å². The van der Waals surface area contributed by atoms with Gasteiger partial charge >= 0.3 is 0 Å². The summed E-state index contributed by atoms with van der Waals surface area (Å²) in [7, 11) is 0. The Morgan fingerprint density at radius 3 is 1.21 bits per heavy atom. The molecule has 2 unspecified atom stereocenters. The Balaban J connectivity index is 3.48. The molecule has 0 aliphatic heterocycles. The molecule has 1 amide bonds. The third-order valence-electron chi connectivity index (χ3n) is 9.94. The van der Waals surface area contributed by atoms with Gasteiger partial charge in [-0.05, 0) is 32.1 Å². The Morgan fingerprint density at radius 2 is 0.812 bits per heavy atom. The molecular formula is C44H85NO3. The highest BCUT2D eigenvalue weighted by Gasteiger charge is 2.17. The first-order valence-corrected chi connectivity index (χ1v) is 21.6. The molecule has 0 saturated heterocycles. The van der Waals surface area contributed by atoms with E-state index in [-0.39, 0.29) is 12.5 Å². The van der Waals surface area contributed by atoms with Gasteiger partial charge in [-0.25, -0.2) is 0 Å². The number of carbonyl (C=O) groups excluding carboxylic acids is 1. The summed E-state index contributed by atoms with van der Waals surface area (Å²) in [5, 5.41) is 22.8. The van der Waals surface area contributed by atoms with Crippen molar-refractivity contribution in [3.05, 3.63) is 24.3 Å². The van der Waals surface area contributed by atoms with Crippen molar-refractivity contribution >= 4 is 5.91 Å². The highest BCUT2D eigenvalue weighted by molar-refractivity contribution is 5.76. The second-order valence-corrected chi connectivity index (χ2v) is 14.8. The van der Waals surface area contributed by atoms with Crippen LogP contribution in [0.15, 0.2) is 24.3 Å². The van der Waals surface area contributed by atoms with Gasteiger partial charge in [0, 0.05) is 6.42 Å². The Hall–Kier alpha value is -1.13. The Kier molecular flexibility index (Phi) is 39.4. The van der Waals surface area contributed by atoms with Gasteiger partial charge in [-0.15, -0.1) is 0 Å². The number of amides is 1. The van der Waals surface area contributed by atoms with E-state index in [1.54, 1.807) is 6.08 Å². The zero-order chi connectivity index (χ0) is 35.0. The summed E-state index contributed by atoms with van der Waals surface area (Å²) < 4.78 is 0. The standard InChI is InChI=1S/C44H85NO3/c1-3-5-7-9-11-13-14-15-16-17-18-19-20-21-22-23-24-25-26-27-28-29-30-31-32-33-35-37-39-43(47)42(41-46)45-44(48)40-38-36-34-12-10-8-6-4-2/h31-32,37,39,42-43,46-47H,3-30,33-36,38,40-41H2,1-2H3,(H,45,48)/b32-31+,39-37+. The molecule has 0 saturated carbocycles. The SMILES string of the molecule is CCCCCCCCCCCCCCCCCCCCCCCC/C=C/CC/C=C/C(O)C(CO)NC(=O)CCCCCCCCCC. The van der Waals surface area contributed by atoms with Crippen LogP contribution < -0.4 is 5.32 Å². The summed E-state index contributed by atoms with van der Waals surface area (Å²) in [6, 6.07) is -0.632. The third-order valence-corrected chi connectivity index (χ3v) is 9.94. The van der Waals surface area contributed by atoms with E-state index < -0.39 is 12.1 Å². The van der Waals surface area contributed by atoms with E-state index in [9.17, 15) is 15.0 Å². The van der Waals surface area contributed by atoms with Crippen molar-refractivity contribution < 1.29 is 15.0 Å². The topological polar surface area (TPSA) is 69.6 Å². The van der Waals surface area contributed by atoms with Crippen LogP contribution in [-0.2, 0) is 4.79 Å². The van der Waals surface area contributed by atoms with Crippen LogP contribution in [0.3, 0.4) is 0 Å². The molecule has 2 atom stereocenters. The lowest BCUT2D eigenvalue weighted by Gasteiger charge is -2.19. The van der Waals surface area contributed by atoms with Crippen molar-refractivity contribution in [1.29, 1.82) is 0 Å². The summed E-state index contributed by atoms with van der Waals surface area (Å²) in [5.74, 6) is -0.0779. The molecule has 0 fully saturated rings. The molecule has 0 aromatic heterocycles. The fraction of sp³-hybridized carbons (Fsp3) is 0.886. The van der Waals surface area contributed by atoms with E-state index in [0.29, 0.717) is 6.42 Å². The fourth-order valence-electron chi connectivity index (χ4n) is 6.61. The number of hydrogen-bond acceptors (Lipinski definition) is 3. The van der Waals surface area contributed by atoms with Crippen LogP contribution in [0.5, 0.6) is 0 Å². The van der Waals surface area contributed by atoms with Gasteiger partial charge < -0.3 is 15.5 Å². The maximum atomic E-state index is 12.2. The van der Waals surface area contributed by atoms with Crippen LogP contribution in [0.2, 0.25) is 0 Å². The van der Waals surface area contributed by atoms with Gasteiger partial charge in [0.2, 0.25) is 5.91 Å². The Labute approximate surface area is 300 Å².